The Morgan fingerprint density at radius 2 is 1.88 bits per heavy atom. The number of aryl methyl sites for hydroxylation is 2. The number of hydrogen-bond acceptors (Lipinski definition) is 2. The van der Waals surface area contributed by atoms with Crippen molar-refractivity contribution in [1.29, 1.82) is 0 Å². The Hall–Kier alpha value is -1.61. The molecule has 2 aromatic rings. The van der Waals surface area contributed by atoms with Crippen LogP contribution in [-0.2, 0) is 0 Å². The molecule has 0 bridgehead atoms. The molecule has 0 saturated carbocycles. The highest BCUT2D eigenvalue weighted by Gasteiger charge is 2.11. The monoisotopic (exact) mass is 231 g/mol. The van der Waals surface area contributed by atoms with Crippen LogP contribution >= 0.6 is 11.3 Å². The highest BCUT2D eigenvalue weighted by Crippen LogP contribution is 2.21. The van der Waals surface area contributed by atoms with E-state index < -0.39 is 0 Å². The molecule has 1 aromatic heterocycles. The number of nitrogens with one attached hydrogen (secondary N) is 1. The Morgan fingerprint density at radius 1 is 1.19 bits per heavy atom. The van der Waals surface area contributed by atoms with Gasteiger partial charge in [0.2, 0.25) is 0 Å². The summed E-state index contributed by atoms with van der Waals surface area (Å²) in [6.07, 6.45) is 0. The van der Waals surface area contributed by atoms with E-state index in [-0.39, 0.29) is 5.91 Å². The zero-order valence-corrected chi connectivity index (χ0v) is 10.1. The van der Waals surface area contributed by atoms with E-state index in [4.69, 9.17) is 0 Å². The number of para-hydroxylation sites is 1. The summed E-state index contributed by atoms with van der Waals surface area (Å²) in [5, 5.41) is 2.88. The van der Waals surface area contributed by atoms with Crippen LogP contribution in [0.2, 0.25) is 0 Å². The Labute approximate surface area is 98.9 Å². The first-order chi connectivity index (χ1) is 7.66. The number of amides is 1. The van der Waals surface area contributed by atoms with Crippen molar-refractivity contribution in [3.8, 4) is 0 Å². The normalized spacial score (nSPS) is 10.1. The molecule has 1 amide bonds. The second-order valence-electron chi connectivity index (χ2n) is 3.65. The third-order valence-corrected chi connectivity index (χ3v) is 3.28. The molecule has 0 saturated heterocycles. The van der Waals surface area contributed by atoms with Crippen molar-refractivity contribution >= 4 is 22.9 Å². The Morgan fingerprint density at radius 3 is 2.44 bits per heavy atom. The summed E-state index contributed by atoms with van der Waals surface area (Å²) in [5.41, 5.74) is 1.60. The first-order valence-corrected chi connectivity index (χ1v) is 5.92. The van der Waals surface area contributed by atoms with Crippen LogP contribution in [-0.4, -0.2) is 5.91 Å². The van der Waals surface area contributed by atoms with Gasteiger partial charge in [-0.1, -0.05) is 18.2 Å². The second-order valence-corrected chi connectivity index (χ2v) is 5.11. The van der Waals surface area contributed by atoms with E-state index in [1.54, 1.807) is 11.3 Å². The molecular formula is C13H13NOS. The van der Waals surface area contributed by atoms with Crippen LogP contribution in [0.4, 0.5) is 5.69 Å². The van der Waals surface area contributed by atoms with Gasteiger partial charge in [-0.05, 0) is 32.0 Å². The highest BCUT2D eigenvalue weighted by molar-refractivity contribution is 7.12. The molecule has 16 heavy (non-hydrogen) atoms. The van der Waals surface area contributed by atoms with E-state index in [0.717, 1.165) is 21.0 Å². The average Bonchev–Trinajstić information content (AvgIpc) is 2.59. The maximum Gasteiger partial charge on any atom is 0.256 e. The smallest absolute Gasteiger partial charge is 0.256 e. The highest BCUT2D eigenvalue weighted by atomic mass is 32.1. The van der Waals surface area contributed by atoms with Crippen molar-refractivity contribution in [2.24, 2.45) is 0 Å². The lowest BCUT2D eigenvalue weighted by Crippen LogP contribution is -2.11. The molecule has 1 N–H and O–H groups in total. The Bertz CT molecular complexity index is 502. The topological polar surface area (TPSA) is 29.1 Å². The molecule has 3 heteroatoms. The molecule has 0 fully saturated rings. The molecule has 1 aromatic carbocycles. The van der Waals surface area contributed by atoms with Crippen LogP contribution < -0.4 is 5.32 Å². The van der Waals surface area contributed by atoms with Crippen LogP contribution in [0.25, 0.3) is 0 Å². The van der Waals surface area contributed by atoms with E-state index in [1.807, 2.05) is 50.2 Å². The standard InChI is InChI=1S/C13H13NOS/c1-9-8-12(10(2)16-9)13(15)14-11-6-4-3-5-7-11/h3-8H,1-2H3,(H,14,15). The van der Waals surface area contributed by atoms with E-state index in [2.05, 4.69) is 5.32 Å². The minimum absolute atomic E-state index is 0.0342. The van der Waals surface area contributed by atoms with Crippen molar-refractivity contribution < 1.29 is 4.79 Å². The van der Waals surface area contributed by atoms with E-state index in [0.29, 0.717) is 0 Å². The van der Waals surface area contributed by atoms with E-state index in [1.165, 1.54) is 0 Å². The Balaban J connectivity index is 2.18. The van der Waals surface area contributed by atoms with E-state index in [9.17, 15) is 4.79 Å². The second kappa shape index (κ2) is 4.49. The predicted molar refractivity (Wildman–Crippen MR) is 68.2 cm³/mol. The summed E-state index contributed by atoms with van der Waals surface area (Å²) in [5.74, 6) is -0.0342. The lowest BCUT2D eigenvalue weighted by molar-refractivity contribution is 0.102. The SMILES string of the molecule is Cc1cc(C(=O)Nc2ccccc2)c(C)s1. The fraction of sp³-hybridized carbons (Fsp3) is 0.154. The first kappa shape index (κ1) is 10.9. The number of rotatable bonds is 2. The molecule has 82 valence electrons. The molecule has 0 radical (unpaired) electrons. The molecule has 0 spiro atoms. The quantitative estimate of drug-likeness (QED) is 0.840. The molecule has 1 heterocycles. The van der Waals surface area contributed by atoms with Gasteiger partial charge in [0.05, 0.1) is 5.56 Å². The lowest BCUT2D eigenvalue weighted by atomic mass is 10.2. The van der Waals surface area contributed by atoms with Crippen molar-refractivity contribution in [3.05, 3.63) is 51.7 Å². The summed E-state index contributed by atoms with van der Waals surface area (Å²) in [4.78, 5) is 14.2. The molecule has 2 rings (SSSR count). The molecular weight excluding hydrogens is 218 g/mol. The minimum Gasteiger partial charge on any atom is -0.322 e. The molecule has 0 unspecified atom stereocenters. The number of carbonyl (C=O) groups excluding carboxylic acids is 1. The number of benzene rings is 1. The van der Waals surface area contributed by atoms with Gasteiger partial charge >= 0.3 is 0 Å². The summed E-state index contributed by atoms with van der Waals surface area (Å²) in [6.45, 7) is 3.98. The Kier molecular flexibility index (Phi) is 3.06. The van der Waals surface area contributed by atoms with Gasteiger partial charge in [-0.25, -0.2) is 0 Å². The third-order valence-electron chi connectivity index (χ3n) is 2.32. The van der Waals surface area contributed by atoms with Gasteiger partial charge in [0.15, 0.2) is 0 Å². The fourth-order valence-corrected chi connectivity index (χ4v) is 2.50. The lowest BCUT2D eigenvalue weighted by Gasteiger charge is -2.03. The maximum atomic E-state index is 11.9. The summed E-state index contributed by atoms with van der Waals surface area (Å²) >= 11 is 1.65. The molecule has 0 aliphatic heterocycles. The average molecular weight is 231 g/mol. The predicted octanol–water partition coefficient (Wildman–Crippen LogP) is 3.62. The van der Waals surface area contributed by atoms with Crippen LogP contribution in [0.15, 0.2) is 36.4 Å². The number of thiophene rings is 1. The van der Waals surface area contributed by atoms with Gasteiger partial charge < -0.3 is 5.32 Å². The molecule has 2 nitrogen and oxygen atoms in total. The van der Waals surface area contributed by atoms with Gasteiger partial charge in [-0.2, -0.15) is 0 Å². The first-order valence-electron chi connectivity index (χ1n) is 5.10. The largest absolute Gasteiger partial charge is 0.322 e. The summed E-state index contributed by atoms with van der Waals surface area (Å²) in [7, 11) is 0. The van der Waals surface area contributed by atoms with Gasteiger partial charge in [0.25, 0.3) is 5.91 Å². The maximum absolute atomic E-state index is 11.9. The van der Waals surface area contributed by atoms with Crippen LogP contribution in [0, 0.1) is 13.8 Å². The molecule has 0 aliphatic rings. The number of carbonyl (C=O) groups is 1. The molecule has 0 aliphatic carbocycles. The van der Waals surface area contributed by atoms with Gasteiger partial charge in [-0.15, -0.1) is 11.3 Å². The molecule has 0 atom stereocenters. The fourth-order valence-electron chi connectivity index (χ4n) is 1.58. The summed E-state index contributed by atoms with van der Waals surface area (Å²) < 4.78 is 0. The zero-order valence-electron chi connectivity index (χ0n) is 9.28. The van der Waals surface area contributed by atoms with Gasteiger partial charge in [0, 0.05) is 15.4 Å². The van der Waals surface area contributed by atoms with Crippen molar-refractivity contribution in [2.75, 3.05) is 5.32 Å². The third kappa shape index (κ3) is 2.31. The van der Waals surface area contributed by atoms with E-state index >= 15 is 0 Å². The minimum atomic E-state index is -0.0342. The van der Waals surface area contributed by atoms with Crippen molar-refractivity contribution in [1.82, 2.24) is 0 Å². The van der Waals surface area contributed by atoms with Crippen molar-refractivity contribution in [2.45, 2.75) is 13.8 Å². The summed E-state index contributed by atoms with van der Waals surface area (Å²) in [6, 6.07) is 11.4. The van der Waals surface area contributed by atoms with Crippen LogP contribution in [0.1, 0.15) is 20.1 Å². The number of anilines is 1. The van der Waals surface area contributed by atoms with Crippen LogP contribution in [0.5, 0.6) is 0 Å². The van der Waals surface area contributed by atoms with Gasteiger partial charge in [0.1, 0.15) is 0 Å². The zero-order chi connectivity index (χ0) is 11.5. The van der Waals surface area contributed by atoms with Crippen LogP contribution in [0.3, 0.4) is 0 Å². The van der Waals surface area contributed by atoms with Gasteiger partial charge in [-0.3, -0.25) is 4.79 Å². The number of hydrogen-bond donors (Lipinski definition) is 1. The van der Waals surface area contributed by atoms with Crippen molar-refractivity contribution in [3.63, 3.8) is 0 Å².